The average Bonchev–Trinajstić information content (AvgIpc) is 3.12. The Kier molecular flexibility index (Phi) is 5.14. The predicted octanol–water partition coefficient (Wildman–Crippen LogP) is 8.75. The van der Waals surface area contributed by atoms with Gasteiger partial charge in [-0.25, -0.2) is 0 Å². The van der Waals surface area contributed by atoms with Gasteiger partial charge in [0.1, 0.15) is 0 Å². The van der Waals surface area contributed by atoms with Crippen LogP contribution in [0.1, 0.15) is 36.3 Å². The highest BCUT2D eigenvalue weighted by atomic mass is 32.1. The molecule has 148 valence electrons. The summed E-state index contributed by atoms with van der Waals surface area (Å²) in [5, 5.41) is 5.65. The van der Waals surface area contributed by atoms with Gasteiger partial charge >= 0.3 is 0 Å². The van der Waals surface area contributed by atoms with Crippen LogP contribution in [0.4, 0.5) is 0 Å². The van der Waals surface area contributed by atoms with Gasteiger partial charge in [0.15, 0.2) is 0 Å². The van der Waals surface area contributed by atoms with Gasteiger partial charge in [0.2, 0.25) is 0 Å². The number of hydrogen-bond donors (Lipinski definition) is 0. The molecule has 0 N–H and O–H groups in total. The fraction of sp³-hybridized carbons (Fsp3) is 0.172. The number of rotatable bonds is 4. The third kappa shape index (κ3) is 3.24. The minimum atomic E-state index is 0.998. The topological polar surface area (TPSA) is 0 Å². The van der Waals surface area contributed by atoms with Crippen LogP contribution in [0.3, 0.4) is 0 Å². The van der Waals surface area contributed by atoms with Gasteiger partial charge in [-0.05, 0) is 81.3 Å². The summed E-state index contributed by atoms with van der Waals surface area (Å²) >= 11 is 1.89. The molecular formula is C29H26S. The van der Waals surface area contributed by atoms with Gasteiger partial charge in [-0.3, -0.25) is 0 Å². The Labute approximate surface area is 182 Å². The van der Waals surface area contributed by atoms with Gasteiger partial charge in [0, 0.05) is 9.75 Å². The van der Waals surface area contributed by atoms with Gasteiger partial charge in [-0.2, -0.15) is 0 Å². The lowest BCUT2D eigenvalue weighted by Gasteiger charge is -2.16. The van der Waals surface area contributed by atoms with E-state index in [2.05, 4.69) is 98.8 Å². The second kappa shape index (κ2) is 8.08. The summed E-state index contributed by atoms with van der Waals surface area (Å²) in [5.74, 6) is 0. The maximum absolute atomic E-state index is 2.42. The van der Waals surface area contributed by atoms with E-state index in [1.54, 1.807) is 0 Å². The summed E-state index contributed by atoms with van der Waals surface area (Å²) in [4.78, 5) is 2.68. The minimum absolute atomic E-state index is 0.998. The van der Waals surface area contributed by atoms with Crippen molar-refractivity contribution in [3.63, 3.8) is 0 Å². The van der Waals surface area contributed by atoms with Crippen molar-refractivity contribution < 1.29 is 0 Å². The summed E-state index contributed by atoms with van der Waals surface area (Å²) in [5.41, 5.74) is 5.59. The van der Waals surface area contributed by atoms with E-state index < -0.39 is 0 Å². The maximum Gasteiger partial charge on any atom is 0.0349 e. The van der Waals surface area contributed by atoms with Crippen LogP contribution >= 0.6 is 11.3 Å². The van der Waals surface area contributed by atoms with E-state index >= 15 is 0 Å². The Balaban J connectivity index is 1.67. The molecule has 1 aliphatic rings. The molecule has 0 nitrogen and oxygen atoms in total. The number of aryl methyl sites for hydroxylation is 2. The molecule has 3 aromatic carbocycles. The lowest BCUT2D eigenvalue weighted by molar-refractivity contribution is 1.15. The molecule has 5 rings (SSSR count). The summed E-state index contributed by atoms with van der Waals surface area (Å²) in [6.45, 7) is 4.55. The zero-order valence-corrected chi connectivity index (χ0v) is 18.4. The van der Waals surface area contributed by atoms with Gasteiger partial charge < -0.3 is 0 Å². The van der Waals surface area contributed by atoms with Crippen LogP contribution in [0.15, 0.2) is 85.0 Å². The molecule has 0 saturated carbocycles. The van der Waals surface area contributed by atoms with E-state index in [4.69, 9.17) is 0 Å². The zero-order chi connectivity index (χ0) is 20.5. The van der Waals surface area contributed by atoms with Crippen molar-refractivity contribution in [2.45, 2.75) is 33.1 Å². The first-order valence-corrected chi connectivity index (χ1v) is 11.7. The van der Waals surface area contributed by atoms with E-state index in [0.29, 0.717) is 0 Å². The van der Waals surface area contributed by atoms with Crippen LogP contribution in [0.5, 0.6) is 0 Å². The minimum Gasteiger partial charge on any atom is -0.135 e. The van der Waals surface area contributed by atoms with Crippen LogP contribution in [-0.2, 0) is 12.8 Å². The van der Waals surface area contributed by atoms with E-state index in [1.807, 2.05) is 11.3 Å². The van der Waals surface area contributed by atoms with Crippen molar-refractivity contribution in [1.29, 1.82) is 0 Å². The van der Waals surface area contributed by atoms with Crippen molar-refractivity contribution in [3.8, 4) is 10.4 Å². The van der Waals surface area contributed by atoms with Crippen LogP contribution in [0.2, 0.25) is 0 Å². The summed E-state index contributed by atoms with van der Waals surface area (Å²) in [7, 11) is 0. The summed E-state index contributed by atoms with van der Waals surface area (Å²) in [6.07, 6.45) is 14.1. The lowest BCUT2D eigenvalue weighted by atomic mass is 9.88. The van der Waals surface area contributed by atoms with Gasteiger partial charge in [-0.1, -0.05) is 80.6 Å². The Morgan fingerprint density at radius 3 is 2.20 bits per heavy atom. The lowest BCUT2D eigenvalue weighted by Crippen LogP contribution is -1.94. The molecule has 30 heavy (non-hydrogen) atoms. The molecule has 0 fully saturated rings. The molecule has 0 radical (unpaired) electrons. The molecule has 1 aliphatic carbocycles. The number of benzene rings is 3. The molecule has 1 heterocycles. The van der Waals surface area contributed by atoms with Crippen molar-refractivity contribution in [3.05, 3.63) is 101 Å². The van der Waals surface area contributed by atoms with Crippen LogP contribution in [-0.4, -0.2) is 0 Å². The maximum atomic E-state index is 2.42. The highest BCUT2D eigenvalue weighted by molar-refractivity contribution is 7.16. The molecule has 0 aliphatic heterocycles. The number of fused-ring (bicyclic) bond motifs is 2. The third-order valence-corrected chi connectivity index (χ3v) is 7.31. The number of allylic oxidation sites excluding steroid dienone is 6. The molecule has 4 aromatic rings. The number of thiophene rings is 1. The van der Waals surface area contributed by atoms with Crippen LogP contribution in [0, 0.1) is 0 Å². The van der Waals surface area contributed by atoms with Gasteiger partial charge in [0.25, 0.3) is 0 Å². The monoisotopic (exact) mass is 406 g/mol. The largest absolute Gasteiger partial charge is 0.135 e. The second-order valence-electron chi connectivity index (χ2n) is 7.82. The second-order valence-corrected chi connectivity index (χ2v) is 8.90. The van der Waals surface area contributed by atoms with E-state index in [9.17, 15) is 0 Å². The predicted molar refractivity (Wildman–Crippen MR) is 134 cm³/mol. The number of hydrogen-bond acceptors (Lipinski definition) is 1. The molecule has 1 aromatic heterocycles. The molecule has 1 heteroatoms. The first kappa shape index (κ1) is 19.1. The molecule has 0 atom stereocenters. The zero-order valence-electron chi connectivity index (χ0n) is 17.6. The summed E-state index contributed by atoms with van der Waals surface area (Å²) < 4.78 is 0. The Morgan fingerprint density at radius 2 is 1.43 bits per heavy atom. The van der Waals surface area contributed by atoms with Gasteiger partial charge in [-0.15, -0.1) is 11.3 Å². The van der Waals surface area contributed by atoms with Crippen LogP contribution in [0.25, 0.3) is 37.6 Å². The third-order valence-electron chi connectivity index (χ3n) is 6.13. The standard InChI is InChI=1S/C29H26S/c1-3-22-24-13-9-10-14-25(24)23(4-2)27-19-21(15-16-26(22)27)29-18-17-28(30-29)20-11-7-5-6-8-12-20/h5-7,9-19H,3-4,8H2,1-2H3. The Hall–Kier alpha value is -2.90. The summed E-state index contributed by atoms with van der Waals surface area (Å²) in [6, 6.07) is 20.6. The van der Waals surface area contributed by atoms with Gasteiger partial charge in [0.05, 0.1) is 0 Å². The highest BCUT2D eigenvalue weighted by Gasteiger charge is 2.13. The SMILES string of the molecule is CCc1c2ccccc2c(CC)c2cc(-c3ccc(C4=CCC=CC=C4)s3)ccc12. The normalized spacial score (nSPS) is 13.7. The molecule has 0 saturated heterocycles. The molecule has 0 bridgehead atoms. The average molecular weight is 407 g/mol. The molecule has 0 unspecified atom stereocenters. The van der Waals surface area contributed by atoms with Crippen LogP contribution < -0.4 is 0 Å². The molecule has 0 spiro atoms. The van der Waals surface area contributed by atoms with Crippen molar-refractivity contribution in [2.75, 3.05) is 0 Å². The highest BCUT2D eigenvalue weighted by Crippen LogP contribution is 2.38. The van der Waals surface area contributed by atoms with E-state index in [1.165, 1.54) is 53.6 Å². The fourth-order valence-electron chi connectivity index (χ4n) is 4.68. The first-order chi connectivity index (χ1) is 14.8. The Bertz CT molecular complexity index is 1330. The smallest absolute Gasteiger partial charge is 0.0349 e. The molecular weight excluding hydrogens is 380 g/mol. The fourth-order valence-corrected chi connectivity index (χ4v) is 5.71. The Morgan fingerprint density at radius 1 is 0.733 bits per heavy atom. The molecule has 0 amide bonds. The first-order valence-electron chi connectivity index (χ1n) is 10.9. The quantitative estimate of drug-likeness (QED) is 0.297. The van der Waals surface area contributed by atoms with E-state index in [0.717, 1.165) is 19.3 Å². The van der Waals surface area contributed by atoms with E-state index in [-0.39, 0.29) is 0 Å². The van der Waals surface area contributed by atoms with Crippen molar-refractivity contribution >= 4 is 38.5 Å². The van der Waals surface area contributed by atoms with Crippen molar-refractivity contribution in [1.82, 2.24) is 0 Å². The van der Waals surface area contributed by atoms with Crippen molar-refractivity contribution in [2.24, 2.45) is 0 Å².